The van der Waals surface area contributed by atoms with Gasteiger partial charge < -0.3 is 10.4 Å². The Morgan fingerprint density at radius 3 is 2.54 bits per heavy atom. The first-order valence-electron chi connectivity index (χ1n) is 7.48. The Labute approximate surface area is 160 Å². The molecule has 1 amide bonds. The van der Waals surface area contributed by atoms with Gasteiger partial charge in [-0.25, -0.2) is 12.4 Å². The summed E-state index contributed by atoms with van der Waals surface area (Å²) in [6.07, 6.45) is 2.97. The minimum Gasteiger partial charge on any atom is -0.502 e. The number of carbonyl (C=O) groups excluding carboxylic acids is 1. The maximum atomic E-state index is 12.1. The topological polar surface area (TPSA) is 105 Å². The molecule has 1 aromatic heterocycles. The molecule has 0 radical (unpaired) electrons. The second-order valence-electron chi connectivity index (χ2n) is 5.55. The summed E-state index contributed by atoms with van der Waals surface area (Å²) in [5.41, 5.74) is -0.507. The van der Waals surface area contributed by atoms with Crippen LogP contribution in [0.1, 0.15) is 22.3 Å². The van der Waals surface area contributed by atoms with E-state index in [1.54, 1.807) is 12.1 Å². The van der Waals surface area contributed by atoms with Gasteiger partial charge in [-0.05, 0) is 36.6 Å². The van der Waals surface area contributed by atoms with Crippen molar-refractivity contribution in [2.24, 2.45) is 0 Å². The second kappa shape index (κ2) is 8.11. The number of hydrogen-bond acceptors (Lipinski definition) is 5. The van der Waals surface area contributed by atoms with E-state index < -0.39 is 27.2 Å². The summed E-state index contributed by atoms with van der Waals surface area (Å²) in [6, 6.07) is 6.33. The molecule has 0 unspecified atom stereocenters. The van der Waals surface area contributed by atoms with Gasteiger partial charge in [-0.2, -0.15) is 0 Å². The van der Waals surface area contributed by atoms with E-state index in [1.165, 1.54) is 0 Å². The first-order valence-corrected chi connectivity index (χ1v) is 10.1. The lowest BCUT2D eigenvalue weighted by molar-refractivity contribution is 0.0950. The van der Waals surface area contributed by atoms with Gasteiger partial charge in [-0.15, -0.1) is 0 Å². The van der Waals surface area contributed by atoms with Crippen LogP contribution in [0.25, 0.3) is 0 Å². The molecular formula is C16H16Cl2N2O5S. The zero-order chi connectivity index (χ0) is 19.5. The minimum absolute atomic E-state index is 0.285. The van der Waals surface area contributed by atoms with Gasteiger partial charge in [0, 0.05) is 12.7 Å². The van der Waals surface area contributed by atoms with Gasteiger partial charge in [0.2, 0.25) is 10.0 Å². The molecule has 2 rings (SSSR count). The molecule has 0 saturated heterocycles. The quantitative estimate of drug-likeness (QED) is 0.698. The number of rotatable bonds is 6. The van der Waals surface area contributed by atoms with Crippen LogP contribution in [0.2, 0.25) is 10.0 Å². The highest BCUT2D eigenvalue weighted by molar-refractivity contribution is 7.89. The predicted octanol–water partition coefficient (Wildman–Crippen LogP) is 2.03. The molecule has 0 bridgehead atoms. The van der Waals surface area contributed by atoms with E-state index in [0.717, 1.165) is 24.1 Å². The van der Waals surface area contributed by atoms with E-state index in [9.17, 15) is 23.1 Å². The monoisotopic (exact) mass is 418 g/mol. The van der Waals surface area contributed by atoms with Gasteiger partial charge in [0.15, 0.2) is 5.75 Å². The van der Waals surface area contributed by atoms with Crippen molar-refractivity contribution in [1.82, 2.24) is 9.29 Å². The molecule has 1 heterocycles. The number of aromatic hydroxyl groups is 1. The highest BCUT2D eigenvalue weighted by Crippen LogP contribution is 2.23. The molecule has 2 N–H and O–H groups in total. The summed E-state index contributed by atoms with van der Waals surface area (Å²) in [6.45, 7) is 0.285. The minimum atomic E-state index is -3.86. The van der Waals surface area contributed by atoms with Crippen molar-refractivity contribution in [2.75, 3.05) is 12.8 Å². The smallest absolute Gasteiger partial charge is 0.307 e. The molecule has 0 aliphatic rings. The summed E-state index contributed by atoms with van der Waals surface area (Å²) in [5.74, 6) is -1.59. The molecule has 26 heavy (non-hydrogen) atoms. The Bertz CT molecular complexity index is 1000. The van der Waals surface area contributed by atoms with Crippen molar-refractivity contribution < 1.29 is 18.3 Å². The summed E-state index contributed by atoms with van der Waals surface area (Å²) in [4.78, 5) is 23.9. The molecule has 0 aliphatic carbocycles. The third-order valence-electron chi connectivity index (χ3n) is 3.55. The Morgan fingerprint density at radius 1 is 1.23 bits per heavy atom. The van der Waals surface area contributed by atoms with Crippen LogP contribution < -0.4 is 10.9 Å². The first kappa shape index (κ1) is 20.3. The maximum Gasteiger partial charge on any atom is 0.307 e. The lowest BCUT2D eigenvalue weighted by Crippen LogP contribution is -2.30. The van der Waals surface area contributed by atoms with Crippen molar-refractivity contribution in [3.8, 4) is 5.75 Å². The highest BCUT2D eigenvalue weighted by Gasteiger charge is 2.18. The largest absolute Gasteiger partial charge is 0.502 e. The molecule has 0 spiro atoms. The summed E-state index contributed by atoms with van der Waals surface area (Å²) in [7, 11) is -3.86. The zero-order valence-corrected chi connectivity index (χ0v) is 16.0. The predicted molar refractivity (Wildman–Crippen MR) is 99.7 cm³/mol. The maximum absolute atomic E-state index is 12.1. The van der Waals surface area contributed by atoms with Crippen molar-refractivity contribution in [1.29, 1.82) is 0 Å². The average Bonchev–Trinajstić information content (AvgIpc) is 2.55. The number of hydrogen-bond donors (Lipinski definition) is 2. The average molecular weight is 419 g/mol. The van der Waals surface area contributed by atoms with Gasteiger partial charge in [-0.1, -0.05) is 29.3 Å². The molecule has 0 atom stereocenters. The Hall–Kier alpha value is -2.03. The number of nitrogens with one attached hydrogen (secondary N) is 1. The Kier molecular flexibility index (Phi) is 6.33. The fourth-order valence-corrected chi connectivity index (χ4v) is 3.23. The number of aromatic nitrogens is 1. The van der Waals surface area contributed by atoms with Crippen LogP contribution in [0.15, 0.2) is 35.3 Å². The van der Waals surface area contributed by atoms with E-state index in [1.807, 2.05) is 6.07 Å². The molecule has 10 heteroatoms. The molecule has 0 fully saturated rings. The van der Waals surface area contributed by atoms with Crippen LogP contribution in [-0.2, 0) is 16.4 Å². The normalized spacial score (nSPS) is 11.3. The molecule has 1 aromatic carbocycles. The van der Waals surface area contributed by atoms with E-state index in [4.69, 9.17) is 23.2 Å². The number of halogens is 2. The number of aryl methyl sites for hydroxylation is 1. The lowest BCUT2D eigenvalue weighted by atomic mass is 10.1. The van der Waals surface area contributed by atoms with Gasteiger partial charge in [-0.3, -0.25) is 9.59 Å². The van der Waals surface area contributed by atoms with E-state index in [2.05, 4.69) is 5.32 Å². The van der Waals surface area contributed by atoms with E-state index >= 15 is 0 Å². The third kappa shape index (κ3) is 4.78. The Morgan fingerprint density at radius 2 is 1.92 bits per heavy atom. The number of benzene rings is 1. The van der Waals surface area contributed by atoms with Gasteiger partial charge >= 0.3 is 5.56 Å². The third-order valence-corrected chi connectivity index (χ3v) is 5.29. The van der Waals surface area contributed by atoms with Crippen LogP contribution in [0.4, 0.5) is 0 Å². The van der Waals surface area contributed by atoms with Crippen molar-refractivity contribution in [3.05, 3.63) is 62.0 Å². The molecule has 7 nitrogen and oxygen atoms in total. The number of carbonyl (C=O) groups is 1. The van der Waals surface area contributed by atoms with Gasteiger partial charge in [0.1, 0.15) is 0 Å². The Balaban J connectivity index is 1.99. The zero-order valence-electron chi connectivity index (χ0n) is 13.7. The van der Waals surface area contributed by atoms with Crippen molar-refractivity contribution >= 4 is 39.1 Å². The number of nitrogens with zero attached hydrogens (tertiary/aromatic N) is 1. The molecule has 0 aliphatic heterocycles. The fourth-order valence-electron chi connectivity index (χ4n) is 2.24. The van der Waals surface area contributed by atoms with E-state index in [-0.39, 0.29) is 12.1 Å². The van der Waals surface area contributed by atoms with Crippen LogP contribution in [0, 0.1) is 0 Å². The molecular weight excluding hydrogens is 403 g/mol. The first-order chi connectivity index (χ1) is 12.1. The van der Waals surface area contributed by atoms with Crippen LogP contribution in [0.3, 0.4) is 0 Å². The van der Waals surface area contributed by atoms with Gasteiger partial charge in [0.05, 0.1) is 21.9 Å². The van der Waals surface area contributed by atoms with Gasteiger partial charge in [0.25, 0.3) is 5.91 Å². The molecule has 2 aromatic rings. The fraction of sp³-hybridized carbons (Fsp3) is 0.250. The number of amides is 1. The summed E-state index contributed by atoms with van der Waals surface area (Å²) in [5, 5.41) is 13.3. The summed E-state index contributed by atoms with van der Waals surface area (Å²) >= 11 is 11.8. The van der Waals surface area contributed by atoms with Crippen molar-refractivity contribution in [3.63, 3.8) is 0 Å². The van der Waals surface area contributed by atoms with Crippen LogP contribution >= 0.6 is 23.2 Å². The van der Waals surface area contributed by atoms with Crippen LogP contribution in [0.5, 0.6) is 5.75 Å². The lowest BCUT2D eigenvalue weighted by Gasteiger charge is -2.09. The standard InChI is InChI=1S/C16H16Cl2N2O5S/c1-26(24,25)20-8-6-11(14(21)16(20)23)15(22)19-7-2-3-10-4-5-12(17)13(18)9-10/h4-6,8-9,21H,2-3,7H2,1H3,(H,19,22). The van der Waals surface area contributed by atoms with E-state index in [0.29, 0.717) is 26.9 Å². The SMILES string of the molecule is CS(=O)(=O)n1ccc(C(=O)NCCCc2ccc(Cl)c(Cl)c2)c(O)c1=O. The van der Waals surface area contributed by atoms with Crippen molar-refractivity contribution in [2.45, 2.75) is 12.8 Å². The second-order valence-corrected chi connectivity index (χ2v) is 8.22. The van der Waals surface area contributed by atoms with Crippen LogP contribution in [-0.4, -0.2) is 36.2 Å². The molecule has 140 valence electrons. The number of pyridine rings is 1. The summed E-state index contributed by atoms with van der Waals surface area (Å²) < 4.78 is 23.2. The molecule has 0 saturated carbocycles. The highest BCUT2D eigenvalue weighted by atomic mass is 35.5.